The second-order valence-electron chi connectivity index (χ2n) is 3.47. The molecule has 0 radical (unpaired) electrons. The molecule has 0 N–H and O–H groups in total. The minimum atomic E-state index is -0.200. The highest BCUT2D eigenvalue weighted by Gasteiger charge is 2.04. The van der Waals surface area contributed by atoms with Crippen LogP contribution >= 0.6 is 11.6 Å². The number of aryl methyl sites for hydroxylation is 1. The lowest BCUT2D eigenvalue weighted by atomic mass is 10.0. The molecule has 1 aromatic rings. The van der Waals surface area contributed by atoms with Crippen molar-refractivity contribution >= 4 is 17.6 Å². The summed E-state index contributed by atoms with van der Waals surface area (Å²) in [5.41, 5.74) is 2.03. The van der Waals surface area contributed by atoms with Gasteiger partial charge in [0.15, 0.2) is 0 Å². The molecule has 2 nitrogen and oxygen atoms in total. The number of rotatable bonds is 4. The summed E-state index contributed by atoms with van der Waals surface area (Å²) >= 11 is 5.57. The Hall–Kier alpha value is -1.46. The minimum absolute atomic E-state index is 0.200. The fourth-order valence-electron chi connectivity index (χ4n) is 1.40. The number of esters is 1. The normalized spacial score (nSPS) is 9.29. The van der Waals surface area contributed by atoms with Crippen molar-refractivity contribution < 1.29 is 9.53 Å². The molecule has 0 heterocycles. The summed E-state index contributed by atoms with van der Waals surface area (Å²) in [5.74, 6) is 6.40. The molecule has 0 saturated heterocycles. The Morgan fingerprint density at radius 3 is 2.88 bits per heavy atom. The van der Waals surface area contributed by atoms with E-state index in [0.29, 0.717) is 25.1 Å². The summed E-state index contributed by atoms with van der Waals surface area (Å²) < 4.78 is 4.62. The quantitative estimate of drug-likeness (QED) is 0.467. The Labute approximate surface area is 107 Å². The molecule has 0 atom stereocenters. The lowest BCUT2D eigenvalue weighted by Crippen LogP contribution is -2.02. The highest BCUT2D eigenvalue weighted by Crippen LogP contribution is 2.10. The fraction of sp³-hybridized carbons (Fsp3) is 0.357. The van der Waals surface area contributed by atoms with Crippen LogP contribution in [0.4, 0.5) is 0 Å². The molecule has 0 unspecified atom stereocenters. The van der Waals surface area contributed by atoms with Gasteiger partial charge in [-0.1, -0.05) is 30.0 Å². The zero-order valence-corrected chi connectivity index (χ0v) is 10.6. The Kier molecular flexibility index (Phi) is 6.21. The van der Waals surface area contributed by atoms with E-state index in [4.69, 9.17) is 11.6 Å². The van der Waals surface area contributed by atoms with Gasteiger partial charge in [-0.25, -0.2) is 0 Å². The van der Waals surface area contributed by atoms with Crippen LogP contribution in [0.1, 0.15) is 24.0 Å². The van der Waals surface area contributed by atoms with Gasteiger partial charge in [0.05, 0.1) is 7.11 Å². The molecular weight excluding hydrogens is 236 g/mol. The van der Waals surface area contributed by atoms with Crippen molar-refractivity contribution in [1.29, 1.82) is 0 Å². The first-order chi connectivity index (χ1) is 8.27. The van der Waals surface area contributed by atoms with Gasteiger partial charge < -0.3 is 4.74 Å². The Morgan fingerprint density at radius 2 is 2.18 bits per heavy atom. The SMILES string of the molecule is COC(=O)CCc1ccccc1C#CCCCl. The summed E-state index contributed by atoms with van der Waals surface area (Å²) in [7, 11) is 1.40. The summed E-state index contributed by atoms with van der Waals surface area (Å²) in [6.45, 7) is 0. The van der Waals surface area contributed by atoms with Crippen LogP contribution in [0.2, 0.25) is 0 Å². The first-order valence-corrected chi connectivity index (χ1v) is 6.01. The maximum atomic E-state index is 11.1. The molecule has 0 aromatic heterocycles. The van der Waals surface area contributed by atoms with Gasteiger partial charge in [-0.2, -0.15) is 0 Å². The van der Waals surface area contributed by atoms with Crippen molar-refractivity contribution in [3.8, 4) is 11.8 Å². The summed E-state index contributed by atoms with van der Waals surface area (Å²) in [5, 5.41) is 0. The van der Waals surface area contributed by atoms with Gasteiger partial charge >= 0.3 is 5.97 Å². The van der Waals surface area contributed by atoms with Crippen LogP contribution in [-0.4, -0.2) is 19.0 Å². The van der Waals surface area contributed by atoms with Gasteiger partial charge in [0.2, 0.25) is 0 Å². The number of halogens is 1. The number of methoxy groups -OCH3 is 1. The predicted octanol–water partition coefficient (Wildman–Crippen LogP) is 2.77. The number of ether oxygens (including phenoxy) is 1. The molecule has 3 heteroatoms. The third-order valence-corrected chi connectivity index (χ3v) is 2.48. The van der Waals surface area contributed by atoms with Crippen molar-refractivity contribution in [1.82, 2.24) is 0 Å². The second kappa shape index (κ2) is 7.76. The van der Waals surface area contributed by atoms with Gasteiger partial charge in [-0.3, -0.25) is 4.79 Å². The molecule has 17 heavy (non-hydrogen) atoms. The van der Waals surface area contributed by atoms with Gasteiger partial charge in [0.1, 0.15) is 0 Å². The molecule has 0 aliphatic carbocycles. The van der Waals surface area contributed by atoms with Crippen LogP contribution in [0.3, 0.4) is 0 Å². The van der Waals surface area contributed by atoms with Crippen LogP contribution in [0, 0.1) is 11.8 Å². The summed E-state index contributed by atoms with van der Waals surface area (Å²) in [6, 6.07) is 7.81. The van der Waals surface area contributed by atoms with Crippen LogP contribution in [-0.2, 0) is 16.0 Å². The Bertz CT molecular complexity index is 429. The van der Waals surface area contributed by atoms with Gasteiger partial charge in [0.25, 0.3) is 0 Å². The third kappa shape index (κ3) is 4.93. The lowest BCUT2D eigenvalue weighted by molar-refractivity contribution is -0.140. The highest BCUT2D eigenvalue weighted by atomic mass is 35.5. The van der Waals surface area contributed by atoms with Crippen molar-refractivity contribution in [2.24, 2.45) is 0 Å². The second-order valence-corrected chi connectivity index (χ2v) is 3.85. The van der Waals surface area contributed by atoms with E-state index in [9.17, 15) is 4.79 Å². The summed E-state index contributed by atoms with van der Waals surface area (Å²) in [4.78, 5) is 11.1. The molecule has 1 rings (SSSR count). The largest absolute Gasteiger partial charge is 0.469 e. The molecule has 90 valence electrons. The molecule has 0 amide bonds. The standard InChI is InChI=1S/C14H15ClO2/c1-17-14(16)10-9-13-7-3-2-6-12(13)8-4-5-11-15/h2-3,6-7H,5,9-11H2,1H3. The van der Waals surface area contributed by atoms with E-state index >= 15 is 0 Å². The number of hydrogen-bond donors (Lipinski definition) is 0. The highest BCUT2D eigenvalue weighted by molar-refractivity contribution is 6.18. The van der Waals surface area contributed by atoms with E-state index in [1.54, 1.807) is 0 Å². The summed E-state index contributed by atoms with van der Waals surface area (Å²) in [6.07, 6.45) is 1.70. The zero-order valence-electron chi connectivity index (χ0n) is 9.83. The van der Waals surface area contributed by atoms with Gasteiger partial charge in [-0.05, 0) is 18.1 Å². The van der Waals surface area contributed by atoms with E-state index in [1.165, 1.54) is 7.11 Å². The van der Waals surface area contributed by atoms with Crippen LogP contribution < -0.4 is 0 Å². The minimum Gasteiger partial charge on any atom is -0.469 e. The van der Waals surface area contributed by atoms with E-state index in [-0.39, 0.29) is 5.97 Å². The van der Waals surface area contributed by atoms with Gasteiger partial charge in [0, 0.05) is 24.3 Å². The molecular formula is C14H15ClO2. The average Bonchev–Trinajstić information content (AvgIpc) is 2.37. The number of carbonyl (C=O) groups is 1. The van der Waals surface area contributed by atoms with Crippen LogP contribution in [0.25, 0.3) is 0 Å². The average molecular weight is 251 g/mol. The third-order valence-electron chi connectivity index (χ3n) is 2.29. The van der Waals surface area contributed by atoms with E-state index < -0.39 is 0 Å². The molecule has 0 aliphatic rings. The van der Waals surface area contributed by atoms with Crippen LogP contribution in [0.5, 0.6) is 0 Å². The predicted molar refractivity (Wildman–Crippen MR) is 69.0 cm³/mol. The van der Waals surface area contributed by atoms with E-state index in [2.05, 4.69) is 16.6 Å². The molecule has 0 aliphatic heterocycles. The topological polar surface area (TPSA) is 26.3 Å². The molecule has 0 spiro atoms. The van der Waals surface area contributed by atoms with Gasteiger partial charge in [-0.15, -0.1) is 11.6 Å². The Balaban J connectivity index is 2.71. The first-order valence-electron chi connectivity index (χ1n) is 5.47. The zero-order chi connectivity index (χ0) is 12.5. The van der Waals surface area contributed by atoms with E-state index in [0.717, 1.165) is 11.1 Å². The number of hydrogen-bond acceptors (Lipinski definition) is 2. The van der Waals surface area contributed by atoms with Crippen molar-refractivity contribution in [3.63, 3.8) is 0 Å². The maximum absolute atomic E-state index is 11.1. The smallest absolute Gasteiger partial charge is 0.305 e. The number of benzene rings is 1. The van der Waals surface area contributed by atoms with Crippen LogP contribution in [0.15, 0.2) is 24.3 Å². The molecule has 0 bridgehead atoms. The monoisotopic (exact) mass is 250 g/mol. The van der Waals surface area contributed by atoms with Crippen molar-refractivity contribution in [2.45, 2.75) is 19.3 Å². The molecule has 0 fully saturated rings. The molecule has 0 saturated carbocycles. The first kappa shape index (κ1) is 13.6. The van der Waals surface area contributed by atoms with Crippen molar-refractivity contribution in [3.05, 3.63) is 35.4 Å². The van der Waals surface area contributed by atoms with E-state index in [1.807, 2.05) is 24.3 Å². The van der Waals surface area contributed by atoms with Crippen molar-refractivity contribution in [2.75, 3.05) is 13.0 Å². The lowest BCUT2D eigenvalue weighted by Gasteiger charge is -2.03. The number of alkyl halides is 1. The maximum Gasteiger partial charge on any atom is 0.305 e. The number of carbonyl (C=O) groups excluding carboxylic acids is 1. The Morgan fingerprint density at radius 1 is 1.41 bits per heavy atom. The molecule has 1 aromatic carbocycles. The fourth-order valence-corrected chi connectivity index (χ4v) is 1.50.